The van der Waals surface area contributed by atoms with Crippen LogP contribution in [0.4, 0.5) is 4.39 Å². The summed E-state index contributed by atoms with van der Waals surface area (Å²) in [4.78, 5) is 27.6. The lowest BCUT2D eigenvalue weighted by Crippen LogP contribution is -2.44. The second-order valence-corrected chi connectivity index (χ2v) is 8.58. The van der Waals surface area contributed by atoms with Crippen LogP contribution in [-0.4, -0.2) is 60.8 Å². The van der Waals surface area contributed by atoms with E-state index in [4.69, 9.17) is 9.47 Å². The van der Waals surface area contributed by atoms with E-state index in [1.807, 2.05) is 29.2 Å². The molecule has 34 heavy (non-hydrogen) atoms. The van der Waals surface area contributed by atoms with Crippen LogP contribution in [0.5, 0.6) is 5.75 Å². The van der Waals surface area contributed by atoms with E-state index in [2.05, 4.69) is 5.10 Å². The molecule has 2 aromatic rings. The van der Waals surface area contributed by atoms with Gasteiger partial charge in [0.15, 0.2) is 0 Å². The quantitative estimate of drug-likeness (QED) is 0.580. The molecule has 0 N–H and O–H groups in total. The molecule has 1 amide bonds. The zero-order valence-corrected chi connectivity index (χ0v) is 19.6. The second kappa shape index (κ2) is 10.8. The summed E-state index contributed by atoms with van der Waals surface area (Å²) >= 11 is 0. The Bertz CT molecular complexity index is 1060. The first kappa shape index (κ1) is 23.9. The van der Waals surface area contributed by atoms with Gasteiger partial charge in [-0.25, -0.2) is 9.40 Å². The second-order valence-electron chi connectivity index (χ2n) is 8.58. The Morgan fingerprint density at radius 2 is 1.91 bits per heavy atom. The van der Waals surface area contributed by atoms with E-state index < -0.39 is 0 Å². The van der Waals surface area contributed by atoms with Crippen LogP contribution in [0, 0.1) is 11.7 Å². The maximum absolute atomic E-state index is 14.5. The minimum absolute atomic E-state index is 0.136. The summed E-state index contributed by atoms with van der Waals surface area (Å²) in [6.07, 6.45) is 1.99. The number of hydrogen-bond donors (Lipinski definition) is 0. The van der Waals surface area contributed by atoms with Gasteiger partial charge in [-0.3, -0.25) is 14.5 Å². The highest BCUT2D eigenvalue weighted by Gasteiger charge is 2.36. The monoisotopic (exact) mass is 467 g/mol. The smallest absolute Gasteiger partial charge is 0.310 e. The third-order valence-electron chi connectivity index (χ3n) is 6.34. The molecule has 0 saturated carbocycles. The van der Waals surface area contributed by atoms with E-state index in [0.717, 1.165) is 24.9 Å². The SMILES string of the molecule is CCOC(=O)[C@H]1CCCN(CC(=O)N2N=C(c3ccccc3F)C[C@@H]2c2ccc(OC)cc2)C1. The minimum atomic E-state index is -0.364. The summed E-state index contributed by atoms with van der Waals surface area (Å²) in [7, 11) is 1.60. The maximum Gasteiger partial charge on any atom is 0.310 e. The molecule has 8 heteroatoms. The predicted molar refractivity (Wildman–Crippen MR) is 126 cm³/mol. The fourth-order valence-electron chi connectivity index (χ4n) is 4.60. The first-order valence-corrected chi connectivity index (χ1v) is 11.7. The van der Waals surface area contributed by atoms with E-state index in [1.54, 1.807) is 32.2 Å². The fraction of sp³-hybridized carbons (Fsp3) is 0.423. The third kappa shape index (κ3) is 5.28. The van der Waals surface area contributed by atoms with Crippen molar-refractivity contribution in [2.75, 3.05) is 33.4 Å². The molecule has 1 saturated heterocycles. The number of esters is 1. The Kier molecular flexibility index (Phi) is 7.57. The molecule has 2 aromatic carbocycles. The molecule has 180 valence electrons. The number of halogens is 1. The molecule has 0 aromatic heterocycles. The molecular weight excluding hydrogens is 437 g/mol. The van der Waals surface area contributed by atoms with Gasteiger partial charge in [-0.05, 0) is 50.1 Å². The minimum Gasteiger partial charge on any atom is -0.497 e. The van der Waals surface area contributed by atoms with Gasteiger partial charge in [-0.15, -0.1) is 0 Å². The van der Waals surface area contributed by atoms with E-state index >= 15 is 0 Å². The zero-order chi connectivity index (χ0) is 24.1. The van der Waals surface area contributed by atoms with Gasteiger partial charge >= 0.3 is 5.97 Å². The first-order valence-electron chi connectivity index (χ1n) is 11.7. The zero-order valence-electron chi connectivity index (χ0n) is 19.6. The van der Waals surface area contributed by atoms with Gasteiger partial charge in [0.2, 0.25) is 0 Å². The van der Waals surface area contributed by atoms with Gasteiger partial charge in [0.25, 0.3) is 5.91 Å². The van der Waals surface area contributed by atoms with E-state index in [-0.39, 0.29) is 36.2 Å². The number of likely N-dealkylation sites (tertiary alicyclic amines) is 1. The van der Waals surface area contributed by atoms with Crippen LogP contribution >= 0.6 is 0 Å². The summed E-state index contributed by atoms with van der Waals surface area (Å²) < 4.78 is 24.9. The van der Waals surface area contributed by atoms with Crippen molar-refractivity contribution in [2.24, 2.45) is 11.0 Å². The van der Waals surface area contributed by atoms with Crippen LogP contribution in [0.2, 0.25) is 0 Å². The number of benzene rings is 2. The largest absolute Gasteiger partial charge is 0.497 e. The van der Waals surface area contributed by atoms with Crippen molar-refractivity contribution < 1.29 is 23.5 Å². The Morgan fingerprint density at radius 1 is 1.15 bits per heavy atom. The molecular formula is C26H30FN3O4. The Morgan fingerprint density at radius 3 is 2.62 bits per heavy atom. The van der Waals surface area contributed by atoms with Crippen molar-refractivity contribution in [1.82, 2.24) is 9.91 Å². The highest BCUT2D eigenvalue weighted by atomic mass is 19.1. The molecule has 7 nitrogen and oxygen atoms in total. The normalized spacial score (nSPS) is 20.7. The molecule has 0 spiro atoms. The molecule has 0 radical (unpaired) electrons. The Hall–Kier alpha value is -3.26. The molecule has 2 aliphatic heterocycles. The van der Waals surface area contributed by atoms with Crippen LogP contribution in [0.15, 0.2) is 53.6 Å². The predicted octanol–water partition coefficient (Wildman–Crippen LogP) is 3.79. The van der Waals surface area contributed by atoms with Gasteiger partial charge in [0, 0.05) is 18.5 Å². The van der Waals surface area contributed by atoms with Crippen LogP contribution in [0.25, 0.3) is 0 Å². The van der Waals surface area contributed by atoms with Crippen molar-refractivity contribution in [3.63, 3.8) is 0 Å². The molecule has 1 fully saturated rings. The van der Waals surface area contributed by atoms with Crippen molar-refractivity contribution in [3.8, 4) is 5.75 Å². The summed E-state index contributed by atoms with van der Waals surface area (Å²) in [6, 6.07) is 13.6. The molecule has 0 bridgehead atoms. The number of amides is 1. The number of carbonyl (C=O) groups is 2. The van der Waals surface area contributed by atoms with Crippen molar-refractivity contribution in [3.05, 3.63) is 65.5 Å². The number of piperidine rings is 1. The first-order chi connectivity index (χ1) is 16.5. The number of hydrogen-bond acceptors (Lipinski definition) is 6. The third-order valence-corrected chi connectivity index (χ3v) is 6.34. The van der Waals surface area contributed by atoms with E-state index in [9.17, 15) is 14.0 Å². The number of nitrogens with zero attached hydrogens (tertiary/aromatic N) is 3. The van der Waals surface area contributed by atoms with Crippen LogP contribution in [-0.2, 0) is 14.3 Å². The van der Waals surface area contributed by atoms with E-state index in [0.29, 0.717) is 36.6 Å². The molecule has 2 heterocycles. The van der Waals surface area contributed by atoms with Gasteiger partial charge in [-0.2, -0.15) is 5.10 Å². The van der Waals surface area contributed by atoms with E-state index in [1.165, 1.54) is 11.1 Å². The van der Waals surface area contributed by atoms with Crippen molar-refractivity contribution >= 4 is 17.6 Å². The molecule has 0 unspecified atom stereocenters. The Labute approximate surface area is 199 Å². The molecule has 0 aliphatic carbocycles. The lowest BCUT2D eigenvalue weighted by Gasteiger charge is -2.32. The summed E-state index contributed by atoms with van der Waals surface area (Å²) in [5.41, 5.74) is 1.83. The summed E-state index contributed by atoms with van der Waals surface area (Å²) in [5.74, 6) is -0.270. The average Bonchev–Trinajstić information content (AvgIpc) is 3.30. The van der Waals surface area contributed by atoms with Gasteiger partial charge in [0.05, 0.1) is 37.9 Å². The summed E-state index contributed by atoms with van der Waals surface area (Å²) in [6.45, 7) is 3.48. The topological polar surface area (TPSA) is 71.4 Å². The van der Waals surface area contributed by atoms with Crippen LogP contribution in [0.1, 0.15) is 43.4 Å². The van der Waals surface area contributed by atoms with Gasteiger partial charge < -0.3 is 9.47 Å². The average molecular weight is 468 g/mol. The number of ether oxygens (including phenoxy) is 2. The number of hydrazone groups is 1. The van der Waals surface area contributed by atoms with Crippen molar-refractivity contribution in [2.45, 2.75) is 32.2 Å². The van der Waals surface area contributed by atoms with Crippen LogP contribution < -0.4 is 4.74 Å². The summed E-state index contributed by atoms with van der Waals surface area (Å²) in [5, 5.41) is 6.05. The Balaban J connectivity index is 1.55. The molecule has 4 rings (SSSR count). The fourth-order valence-corrected chi connectivity index (χ4v) is 4.60. The van der Waals surface area contributed by atoms with Gasteiger partial charge in [-0.1, -0.05) is 30.3 Å². The van der Waals surface area contributed by atoms with Crippen molar-refractivity contribution in [1.29, 1.82) is 0 Å². The maximum atomic E-state index is 14.5. The molecule has 2 atom stereocenters. The highest BCUT2D eigenvalue weighted by molar-refractivity contribution is 6.03. The molecule has 2 aliphatic rings. The lowest BCUT2D eigenvalue weighted by molar-refractivity contribution is -0.150. The highest BCUT2D eigenvalue weighted by Crippen LogP contribution is 2.34. The number of rotatable bonds is 7. The number of carbonyl (C=O) groups excluding carboxylic acids is 2. The van der Waals surface area contributed by atoms with Crippen LogP contribution in [0.3, 0.4) is 0 Å². The lowest BCUT2D eigenvalue weighted by atomic mass is 9.97. The number of methoxy groups -OCH3 is 1. The van der Waals surface area contributed by atoms with Gasteiger partial charge in [0.1, 0.15) is 11.6 Å². The standard InChI is InChI=1S/C26H30FN3O4/c1-3-34-26(32)19-7-6-14-29(16-19)17-25(31)30-24(18-10-12-20(33-2)13-11-18)15-23(28-30)21-8-4-5-9-22(21)27/h4-5,8-13,19,24H,3,6-7,14-17H2,1-2H3/t19-,24+/m0/s1.